The van der Waals surface area contributed by atoms with Crippen molar-refractivity contribution in [1.29, 1.82) is 0 Å². The number of ether oxygens (including phenoxy) is 1. The van der Waals surface area contributed by atoms with Gasteiger partial charge in [0.15, 0.2) is 0 Å². The number of likely N-dealkylation sites (tertiary alicyclic amines) is 1. The molecule has 1 aliphatic heterocycles. The molecular formula is C33H38N6O3. The summed E-state index contributed by atoms with van der Waals surface area (Å²) in [4.78, 5) is 36.7. The van der Waals surface area contributed by atoms with E-state index in [4.69, 9.17) is 11.6 Å². The number of aryl methyl sites for hydroxylation is 1. The first-order valence-electron chi connectivity index (χ1n) is 16.4. The van der Waals surface area contributed by atoms with Gasteiger partial charge in [-0.25, -0.2) is 9.78 Å². The Morgan fingerprint density at radius 2 is 1.90 bits per heavy atom. The van der Waals surface area contributed by atoms with Gasteiger partial charge in [0.25, 0.3) is 5.91 Å². The number of anilines is 1. The van der Waals surface area contributed by atoms with Crippen molar-refractivity contribution in [2.24, 2.45) is 0 Å². The van der Waals surface area contributed by atoms with E-state index in [1.165, 1.54) is 18.3 Å². The first kappa shape index (κ1) is 23.1. The topological polar surface area (TPSA) is 101 Å². The molecule has 0 aliphatic carbocycles. The molecule has 3 heterocycles. The zero-order valence-electron chi connectivity index (χ0n) is 29.2. The Hall–Kier alpha value is -4.50. The van der Waals surface area contributed by atoms with Crippen LogP contribution < -0.4 is 10.6 Å². The Labute approximate surface area is 254 Å². The molecule has 0 bridgehead atoms. The maximum atomic E-state index is 13.5. The van der Waals surface area contributed by atoms with Gasteiger partial charge in [0.1, 0.15) is 11.3 Å². The van der Waals surface area contributed by atoms with E-state index >= 15 is 0 Å². The van der Waals surface area contributed by atoms with Crippen LogP contribution in [0.3, 0.4) is 0 Å². The second-order valence-electron chi connectivity index (χ2n) is 11.4. The average Bonchev–Trinajstić information content (AvgIpc) is 3.44. The summed E-state index contributed by atoms with van der Waals surface area (Å²) in [7, 11) is 0. The number of nitrogens with one attached hydrogen (secondary N) is 2. The molecule has 2 aromatic heterocycles. The van der Waals surface area contributed by atoms with Gasteiger partial charge in [0.2, 0.25) is 0 Å². The molecule has 0 radical (unpaired) electrons. The number of benzene rings is 2. The molecule has 218 valence electrons. The Morgan fingerprint density at radius 1 is 1.10 bits per heavy atom. The van der Waals surface area contributed by atoms with Crippen LogP contribution in [-0.2, 0) is 11.3 Å². The summed E-state index contributed by atoms with van der Waals surface area (Å²) in [6.45, 7) is 9.44. The predicted octanol–water partition coefficient (Wildman–Crippen LogP) is 5.98. The van der Waals surface area contributed by atoms with Crippen LogP contribution in [0.15, 0.2) is 79.3 Å². The molecule has 9 nitrogen and oxygen atoms in total. The summed E-state index contributed by atoms with van der Waals surface area (Å²) in [5, 5.41) is 5.91. The summed E-state index contributed by atoms with van der Waals surface area (Å²) in [5.74, 6) is -0.524. The van der Waals surface area contributed by atoms with E-state index in [2.05, 4.69) is 25.5 Å². The third-order valence-corrected chi connectivity index (χ3v) is 6.66. The highest BCUT2D eigenvalue weighted by Gasteiger charge is 2.24. The number of hydrogen-bond donors (Lipinski definition) is 2. The predicted molar refractivity (Wildman–Crippen MR) is 164 cm³/mol. The standard InChI is InChI=1S/C33H38N6O3/c1-23-19-39(22-35-23)29-16-24(20-38-14-8-11-27(21-38)37-32(41)42-33(2,3)4)15-28(18-29)36-31(40)30-17-26(12-13-34-30)25-9-6-5-7-10-25/h5-7,9-10,12-13,15-19,22,27H,8,11,14,20-21H2,1-4H3,(H,36,40)(H,37,41)/t27-/m0/s1/i5D,6D,7D,9D,10D. The Kier molecular flexibility index (Phi) is 6.91. The van der Waals surface area contributed by atoms with Gasteiger partial charge in [-0.1, -0.05) is 30.2 Å². The average molecular weight is 572 g/mol. The molecule has 1 aliphatic rings. The number of imidazole rings is 1. The minimum atomic E-state index is -0.581. The lowest BCUT2D eigenvalue weighted by molar-refractivity contribution is 0.0470. The number of rotatable bonds is 7. The number of amides is 2. The van der Waals surface area contributed by atoms with Crippen LogP contribution in [0.5, 0.6) is 0 Å². The minimum Gasteiger partial charge on any atom is -0.444 e. The van der Waals surface area contributed by atoms with Gasteiger partial charge in [-0.3, -0.25) is 14.7 Å². The van der Waals surface area contributed by atoms with Gasteiger partial charge < -0.3 is 19.9 Å². The third-order valence-electron chi connectivity index (χ3n) is 6.66. The smallest absolute Gasteiger partial charge is 0.407 e. The van der Waals surface area contributed by atoms with Crippen LogP contribution in [0.1, 0.15) is 62.2 Å². The molecule has 9 heteroatoms. The zero-order valence-corrected chi connectivity index (χ0v) is 24.2. The zero-order chi connectivity index (χ0) is 34.0. The summed E-state index contributed by atoms with van der Waals surface area (Å²) in [6, 6.07) is 6.49. The number of alkyl carbamates (subject to hydrolysis) is 1. The van der Waals surface area contributed by atoms with E-state index in [1.807, 2.05) is 56.7 Å². The van der Waals surface area contributed by atoms with E-state index in [1.54, 1.807) is 6.33 Å². The van der Waals surface area contributed by atoms with Crippen LogP contribution in [0.2, 0.25) is 0 Å². The first-order valence-corrected chi connectivity index (χ1v) is 13.9. The van der Waals surface area contributed by atoms with E-state index in [9.17, 15) is 9.59 Å². The van der Waals surface area contributed by atoms with Crippen molar-refractivity contribution in [1.82, 2.24) is 24.8 Å². The highest BCUT2D eigenvalue weighted by atomic mass is 16.6. The van der Waals surface area contributed by atoms with E-state index in [0.29, 0.717) is 18.8 Å². The number of carbonyl (C=O) groups excluding carboxylic acids is 2. The summed E-state index contributed by atoms with van der Waals surface area (Å²) in [5.41, 5.74) is 2.79. The fourth-order valence-electron chi connectivity index (χ4n) is 4.90. The molecule has 2 aromatic carbocycles. The summed E-state index contributed by atoms with van der Waals surface area (Å²) >= 11 is 0. The van der Waals surface area contributed by atoms with Gasteiger partial charge in [0, 0.05) is 42.9 Å². The number of nitrogens with zero attached hydrogens (tertiary/aromatic N) is 4. The maximum Gasteiger partial charge on any atom is 0.407 e. The molecule has 2 N–H and O–H groups in total. The van der Waals surface area contributed by atoms with E-state index in [0.717, 1.165) is 36.3 Å². The Balaban J connectivity index is 1.39. The van der Waals surface area contributed by atoms with Crippen molar-refractivity contribution in [2.45, 2.75) is 58.7 Å². The molecule has 0 saturated carbocycles. The number of pyridine rings is 1. The Morgan fingerprint density at radius 3 is 2.64 bits per heavy atom. The Bertz CT molecular complexity index is 1790. The minimum absolute atomic E-state index is 0.00629. The lowest BCUT2D eigenvalue weighted by Gasteiger charge is -2.33. The van der Waals surface area contributed by atoms with Crippen molar-refractivity contribution in [3.63, 3.8) is 0 Å². The lowest BCUT2D eigenvalue weighted by atomic mass is 10.0. The van der Waals surface area contributed by atoms with Crippen molar-refractivity contribution in [3.05, 3.63) is 96.2 Å². The van der Waals surface area contributed by atoms with Crippen LogP contribution in [-0.4, -0.2) is 56.2 Å². The highest BCUT2D eigenvalue weighted by molar-refractivity contribution is 6.03. The van der Waals surface area contributed by atoms with Gasteiger partial charge in [-0.2, -0.15) is 0 Å². The number of carbonyl (C=O) groups is 2. The van der Waals surface area contributed by atoms with Crippen LogP contribution in [0.4, 0.5) is 10.5 Å². The largest absolute Gasteiger partial charge is 0.444 e. The fourth-order valence-corrected chi connectivity index (χ4v) is 4.90. The van der Waals surface area contributed by atoms with Gasteiger partial charge >= 0.3 is 6.09 Å². The third kappa shape index (κ3) is 7.82. The molecule has 0 unspecified atom stereocenters. The van der Waals surface area contributed by atoms with Crippen LogP contribution in [0.25, 0.3) is 16.8 Å². The molecule has 1 fully saturated rings. The van der Waals surface area contributed by atoms with Crippen LogP contribution in [0, 0.1) is 6.92 Å². The molecule has 1 saturated heterocycles. The SMILES string of the molecule is [2H]c1c([2H])c([2H])c(-c2ccnc(C(=O)Nc3cc(CN4CCC[C@H](NC(=O)OC(C)(C)C)C4)cc(-n4cnc(C)c4)c3)c2)c([2H])c1[2H]. The second-order valence-corrected chi connectivity index (χ2v) is 11.4. The van der Waals surface area contributed by atoms with Gasteiger partial charge in [-0.15, -0.1) is 0 Å². The van der Waals surface area contributed by atoms with E-state index < -0.39 is 35.7 Å². The number of aromatic nitrogens is 3. The summed E-state index contributed by atoms with van der Waals surface area (Å²) < 4.78 is 47.8. The van der Waals surface area contributed by atoms with Gasteiger partial charge in [-0.05, 0) is 94.1 Å². The van der Waals surface area contributed by atoms with Crippen LogP contribution >= 0.6 is 0 Å². The molecule has 4 aromatic rings. The van der Waals surface area contributed by atoms with Crippen molar-refractivity contribution >= 4 is 17.7 Å². The summed E-state index contributed by atoms with van der Waals surface area (Å²) in [6.07, 6.45) is 6.28. The van der Waals surface area contributed by atoms with E-state index in [-0.39, 0.29) is 34.9 Å². The molecule has 42 heavy (non-hydrogen) atoms. The molecule has 1 atom stereocenters. The molecule has 5 rings (SSSR count). The molecule has 0 spiro atoms. The number of piperidine rings is 1. The quantitative estimate of drug-likeness (QED) is 0.283. The monoisotopic (exact) mass is 571 g/mol. The lowest BCUT2D eigenvalue weighted by Crippen LogP contribution is -2.48. The molecular weight excluding hydrogens is 528 g/mol. The van der Waals surface area contributed by atoms with Crippen molar-refractivity contribution < 1.29 is 21.2 Å². The van der Waals surface area contributed by atoms with Gasteiger partial charge in [0.05, 0.1) is 18.9 Å². The highest BCUT2D eigenvalue weighted by Crippen LogP contribution is 2.24. The number of hydrogen-bond acceptors (Lipinski definition) is 6. The second kappa shape index (κ2) is 12.6. The normalized spacial score (nSPS) is 17.3. The fraction of sp³-hybridized carbons (Fsp3) is 0.333. The first-order chi connectivity index (χ1) is 22.2. The molecule has 2 amide bonds. The maximum absolute atomic E-state index is 13.5. The van der Waals surface area contributed by atoms with Crippen molar-refractivity contribution in [2.75, 3.05) is 18.4 Å². The van der Waals surface area contributed by atoms with Crippen molar-refractivity contribution in [3.8, 4) is 16.8 Å².